The molecule has 1 aromatic carbocycles. The van der Waals surface area contributed by atoms with E-state index in [1.165, 1.54) is 7.05 Å². The second-order valence-corrected chi connectivity index (χ2v) is 4.00. The van der Waals surface area contributed by atoms with E-state index in [1.807, 2.05) is 0 Å². The van der Waals surface area contributed by atoms with Crippen LogP contribution in [0.2, 0.25) is 5.02 Å². The Morgan fingerprint density at radius 3 is 2.44 bits per heavy atom. The highest BCUT2D eigenvalue weighted by atomic mass is 35.5. The van der Waals surface area contributed by atoms with Gasteiger partial charge in [-0.25, -0.2) is 9.40 Å². The molecule has 0 aliphatic rings. The number of rotatable bonds is 3. The minimum Gasteiger partial charge on any atom is -0.293 e. The SMILES string of the molecule is CN(N)CC(=O)c1ccc(C(F)(F)F)c(Cl)c1F. The molecule has 0 aromatic heterocycles. The van der Waals surface area contributed by atoms with Crippen molar-refractivity contribution in [3.63, 3.8) is 0 Å². The van der Waals surface area contributed by atoms with Gasteiger partial charge in [0.1, 0.15) is 0 Å². The monoisotopic (exact) mass is 284 g/mol. The maximum atomic E-state index is 13.6. The molecule has 0 radical (unpaired) electrons. The predicted molar refractivity (Wildman–Crippen MR) is 57.6 cm³/mol. The Bertz CT molecular complexity index is 474. The van der Waals surface area contributed by atoms with Crippen LogP contribution in [0, 0.1) is 5.82 Å². The van der Waals surface area contributed by atoms with E-state index in [-0.39, 0.29) is 6.54 Å². The first kappa shape index (κ1) is 14.9. The van der Waals surface area contributed by atoms with Crippen molar-refractivity contribution >= 4 is 17.4 Å². The fourth-order valence-corrected chi connectivity index (χ4v) is 1.57. The average Bonchev–Trinajstić information content (AvgIpc) is 2.18. The van der Waals surface area contributed by atoms with Crippen LogP contribution in [0.3, 0.4) is 0 Å². The number of hydrogen-bond acceptors (Lipinski definition) is 3. The van der Waals surface area contributed by atoms with E-state index in [2.05, 4.69) is 0 Å². The zero-order valence-corrected chi connectivity index (χ0v) is 9.94. The molecule has 1 aromatic rings. The zero-order valence-electron chi connectivity index (χ0n) is 9.18. The van der Waals surface area contributed by atoms with Crippen LogP contribution in [0.1, 0.15) is 15.9 Å². The fourth-order valence-electron chi connectivity index (χ4n) is 1.30. The summed E-state index contributed by atoms with van der Waals surface area (Å²) in [5, 5.41) is -0.138. The maximum absolute atomic E-state index is 13.6. The lowest BCUT2D eigenvalue weighted by Crippen LogP contribution is -2.32. The Morgan fingerprint density at radius 1 is 1.44 bits per heavy atom. The van der Waals surface area contributed by atoms with Gasteiger partial charge in [-0.1, -0.05) is 11.6 Å². The summed E-state index contributed by atoms with van der Waals surface area (Å²) in [7, 11) is 1.36. The molecular weight excluding hydrogens is 276 g/mol. The van der Waals surface area contributed by atoms with Gasteiger partial charge in [-0.2, -0.15) is 13.2 Å². The topological polar surface area (TPSA) is 46.3 Å². The number of alkyl halides is 3. The first-order chi connectivity index (χ1) is 8.14. The number of carbonyl (C=O) groups excluding carboxylic acids is 1. The summed E-state index contributed by atoms with van der Waals surface area (Å²) in [5.41, 5.74) is -1.84. The van der Waals surface area contributed by atoms with Crippen LogP contribution in [-0.4, -0.2) is 24.4 Å². The predicted octanol–water partition coefficient (Wildman–Crippen LogP) is 2.49. The Morgan fingerprint density at radius 2 is 2.00 bits per heavy atom. The van der Waals surface area contributed by atoms with Gasteiger partial charge in [-0.3, -0.25) is 10.6 Å². The molecule has 0 spiro atoms. The largest absolute Gasteiger partial charge is 0.417 e. The minimum atomic E-state index is -4.77. The van der Waals surface area contributed by atoms with Crippen molar-refractivity contribution in [3.8, 4) is 0 Å². The lowest BCUT2D eigenvalue weighted by atomic mass is 10.1. The summed E-state index contributed by atoms with van der Waals surface area (Å²) in [5.74, 6) is 3.05. The normalized spacial score (nSPS) is 12.0. The van der Waals surface area contributed by atoms with Gasteiger partial charge in [-0.05, 0) is 12.1 Å². The van der Waals surface area contributed by atoms with Crippen molar-refractivity contribution in [3.05, 3.63) is 34.1 Å². The number of ketones is 1. The summed E-state index contributed by atoms with van der Waals surface area (Å²) < 4.78 is 50.8. The quantitative estimate of drug-likeness (QED) is 0.401. The maximum Gasteiger partial charge on any atom is 0.417 e. The third-order valence-electron chi connectivity index (χ3n) is 2.08. The van der Waals surface area contributed by atoms with Crippen LogP contribution in [0.4, 0.5) is 17.6 Å². The molecule has 100 valence electrons. The van der Waals surface area contributed by atoms with Gasteiger partial charge >= 0.3 is 6.18 Å². The van der Waals surface area contributed by atoms with E-state index < -0.39 is 33.9 Å². The number of benzene rings is 1. The molecule has 3 nitrogen and oxygen atoms in total. The lowest BCUT2D eigenvalue weighted by molar-refractivity contribution is -0.137. The molecule has 0 heterocycles. The highest BCUT2D eigenvalue weighted by Crippen LogP contribution is 2.36. The highest BCUT2D eigenvalue weighted by Gasteiger charge is 2.35. The molecule has 18 heavy (non-hydrogen) atoms. The second-order valence-electron chi connectivity index (χ2n) is 3.62. The molecule has 8 heteroatoms. The van der Waals surface area contributed by atoms with Gasteiger partial charge in [0.05, 0.1) is 22.7 Å². The van der Waals surface area contributed by atoms with Crippen molar-refractivity contribution in [2.24, 2.45) is 5.84 Å². The van der Waals surface area contributed by atoms with Gasteiger partial charge in [0, 0.05) is 7.05 Å². The van der Waals surface area contributed by atoms with Crippen molar-refractivity contribution in [1.29, 1.82) is 0 Å². The van der Waals surface area contributed by atoms with Gasteiger partial charge in [0.15, 0.2) is 11.6 Å². The number of Topliss-reactive ketones (excluding diaryl/α,β-unsaturated/α-hetero) is 1. The number of nitrogens with zero attached hydrogens (tertiary/aromatic N) is 1. The molecular formula is C10H9ClF4N2O. The van der Waals surface area contributed by atoms with E-state index in [4.69, 9.17) is 17.4 Å². The van der Waals surface area contributed by atoms with E-state index in [1.54, 1.807) is 0 Å². The van der Waals surface area contributed by atoms with Crippen LogP contribution >= 0.6 is 11.6 Å². The number of halogens is 5. The Balaban J connectivity index is 3.20. The lowest BCUT2D eigenvalue weighted by Gasteiger charge is -2.13. The van der Waals surface area contributed by atoms with Gasteiger partial charge < -0.3 is 0 Å². The van der Waals surface area contributed by atoms with E-state index >= 15 is 0 Å². The summed E-state index contributed by atoms with van der Waals surface area (Å²) in [6.45, 7) is -0.335. The Kier molecular flexibility index (Phi) is 4.31. The van der Waals surface area contributed by atoms with Gasteiger partial charge in [0.2, 0.25) is 0 Å². The Hall–Kier alpha value is -1.18. The first-order valence-corrected chi connectivity index (χ1v) is 5.06. The first-order valence-electron chi connectivity index (χ1n) is 4.68. The van der Waals surface area contributed by atoms with E-state index in [9.17, 15) is 22.4 Å². The standard InChI is InChI=1S/C10H9ClF4N2O/c1-17(16)4-7(18)5-2-3-6(10(13,14)15)8(11)9(5)12/h2-3H,4,16H2,1H3. The molecule has 0 fully saturated rings. The van der Waals surface area contributed by atoms with Crippen molar-refractivity contribution in [2.45, 2.75) is 6.18 Å². The summed E-state index contributed by atoms with van der Waals surface area (Å²) in [6, 6.07) is 1.31. The summed E-state index contributed by atoms with van der Waals surface area (Å²) >= 11 is 5.27. The number of nitrogens with two attached hydrogens (primary N) is 1. The minimum absolute atomic E-state index is 0.335. The molecule has 0 aliphatic carbocycles. The molecule has 0 amide bonds. The van der Waals surface area contributed by atoms with Crippen molar-refractivity contribution < 1.29 is 22.4 Å². The van der Waals surface area contributed by atoms with Crippen LogP contribution in [-0.2, 0) is 6.18 Å². The third kappa shape index (κ3) is 3.18. The van der Waals surface area contributed by atoms with Gasteiger partial charge in [-0.15, -0.1) is 0 Å². The second kappa shape index (κ2) is 5.21. The number of hydrazine groups is 1. The molecule has 0 bridgehead atoms. The number of likely N-dealkylation sites (N-methyl/N-ethyl adjacent to an activating group) is 1. The van der Waals surface area contributed by atoms with E-state index in [0.29, 0.717) is 6.07 Å². The number of hydrogen-bond donors (Lipinski definition) is 1. The molecule has 0 unspecified atom stereocenters. The molecule has 0 saturated heterocycles. The third-order valence-corrected chi connectivity index (χ3v) is 2.45. The van der Waals surface area contributed by atoms with Crippen LogP contribution in [0.15, 0.2) is 12.1 Å². The average molecular weight is 285 g/mol. The molecule has 0 saturated carbocycles. The fraction of sp³-hybridized carbons (Fsp3) is 0.300. The highest BCUT2D eigenvalue weighted by molar-refractivity contribution is 6.32. The van der Waals surface area contributed by atoms with Crippen LogP contribution < -0.4 is 5.84 Å². The molecule has 1 rings (SSSR count). The number of carbonyl (C=O) groups is 1. The van der Waals surface area contributed by atoms with Crippen LogP contribution in [0.5, 0.6) is 0 Å². The van der Waals surface area contributed by atoms with Crippen LogP contribution in [0.25, 0.3) is 0 Å². The van der Waals surface area contributed by atoms with Crippen molar-refractivity contribution in [2.75, 3.05) is 13.6 Å². The van der Waals surface area contributed by atoms with E-state index in [0.717, 1.165) is 11.1 Å². The Labute approximate surface area is 105 Å². The zero-order chi connectivity index (χ0) is 14.1. The van der Waals surface area contributed by atoms with Gasteiger partial charge in [0.25, 0.3) is 0 Å². The molecule has 2 N–H and O–H groups in total. The molecule has 0 atom stereocenters. The summed E-state index contributed by atoms with van der Waals surface area (Å²) in [4.78, 5) is 11.5. The molecule has 0 aliphatic heterocycles. The summed E-state index contributed by atoms with van der Waals surface area (Å²) in [6.07, 6.45) is -4.77. The smallest absolute Gasteiger partial charge is 0.293 e. The van der Waals surface area contributed by atoms with Crippen molar-refractivity contribution in [1.82, 2.24) is 5.01 Å².